The zero-order valence-electron chi connectivity index (χ0n) is 12.3. The lowest BCUT2D eigenvalue weighted by atomic mass is 10.2. The smallest absolute Gasteiger partial charge is 0.284 e. The number of nitro benzene ring substituents is 1. The van der Waals surface area contributed by atoms with Gasteiger partial charge in [0.15, 0.2) is 0 Å². The minimum absolute atomic E-state index is 0.174. The van der Waals surface area contributed by atoms with Crippen molar-refractivity contribution in [3.05, 3.63) is 75.7 Å². The molecule has 7 nitrogen and oxygen atoms in total. The highest BCUT2D eigenvalue weighted by atomic mass is 32.2. The van der Waals surface area contributed by atoms with Gasteiger partial charge in [-0.2, -0.15) is 0 Å². The molecule has 24 heavy (non-hydrogen) atoms. The zero-order chi connectivity index (χ0) is 16.9. The van der Waals surface area contributed by atoms with E-state index in [4.69, 9.17) is 4.42 Å². The van der Waals surface area contributed by atoms with E-state index in [-0.39, 0.29) is 16.5 Å². The third kappa shape index (κ3) is 3.66. The van der Waals surface area contributed by atoms with Crippen molar-refractivity contribution >= 4 is 23.7 Å². The Balaban J connectivity index is 1.80. The molecule has 0 aliphatic heterocycles. The topological polar surface area (TPSA) is 99.1 Å². The fourth-order valence-electron chi connectivity index (χ4n) is 2.05. The van der Waals surface area contributed by atoms with Crippen molar-refractivity contribution < 1.29 is 14.1 Å². The van der Waals surface area contributed by atoms with E-state index in [2.05, 4.69) is 10.2 Å². The van der Waals surface area contributed by atoms with Gasteiger partial charge in [-0.3, -0.25) is 14.9 Å². The molecule has 8 heteroatoms. The number of nitro groups is 1. The van der Waals surface area contributed by atoms with Crippen LogP contribution in [-0.2, 0) is 6.42 Å². The summed E-state index contributed by atoms with van der Waals surface area (Å²) in [4.78, 5) is 21.7. The van der Waals surface area contributed by atoms with E-state index < -0.39 is 4.92 Å². The number of aromatic nitrogens is 2. The second-order valence-corrected chi connectivity index (χ2v) is 5.82. The monoisotopic (exact) mass is 341 g/mol. The SMILES string of the molecule is O=Cc1ccc(Sc2nnc(Cc3ccccc3)o2)c([N+](=O)[O-])c1. The maximum atomic E-state index is 11.1. The number of hydrogen-bond acceptors (Lipinski definition) is 7. The van der Waals surface area contributed by atoms with E-state index in [1.54, 1.807) is 0 Å². The molecule has 0 aliphatic carbocycles. The number of rotatable bonds is 6. The molecule has 0 unspecified atom stereocenters. The van der Waals surface area contributed by atoms with Crippen LogP contribution in [-0.4, -0.2) is 21.4 Å². The average Bonchev–Trinajstić information content (AvgIpc) is 3.03. The molecule has 0 saturated carbocycles. The molecule has 0 bridgehead atoms. The Morgan fingerprint density at radius 3 is 2.67 bits per heavy atom. The molecule has 0 radical (unpaired) electrons. The van der Waals surface area contributed by atoms with E-state index in [1.807, 2.05) is 30.3 Å². The lowest BCUT2D eigenvalue weighted by Gasteiger charge is -2.00. The molecule has 120 valence electrons. The highest BCUT2D eigenvalue weighted by molar-refractivity contribution is 7.99. The molecule has 2 aromatic carbocycles. The van der Waals surface area contributed by atoms with Crippen LogP contribution in [0.2, 0.25) is 0 Å². The Labute approximate surface area is 140 Å². The van der Waals surface area contributed by atoms with E-state index in [9.17, 15) is 14.9 Å². The highest BCUT2D eigenvalue weighted by Crippen LogP contribution is 2.34. The second-order valence-electron chi connectivity index (χ2n) is 4.83. The summed E-state index contributed by atoms with van der Waals surface area (Å²) in [5.41, 5.74) is 1.09. The summed E-state index contributed by atoms with van der Waals surface area (Å²) in [5.74, 6) is 0.427. The summed E-state index contributed by atoms with van der Waals surface area (Å²) in [6.07, 6.45) is 1.05. The molecule has 3 rings (SSSR count). The third-order valence-electron chi connectivity index (χ3n) is 3.16. The minimum atomic E-state index is -0.545. The number of hydrogen-bond donors (Lipinski definition) is 0. The summed E-state index contributed by atoms with van der Waals surface area (Å²) >= 11 is 0.995. The predicted octanol–water partition coefficient (Wildman–Crippen LogP) is 3.53. The summed E-state index contributed by atoms with van der Waals surface area (Å²) in [5, 5.41) is 19.2. The molecule has 0 N–H and O–H groups in total. The highest BCUT2D eigenvalue weighted by Gasteiger charge is 2.18. The van der Waals surface area contributed by atoms with Gasteiger partial charge in [-0.25, -0.2) is 0 Å². The number of aldehydes is 1. The Morgan fingerprint density at radius 2 is 1.96 bits per heavy atom. The van der Waals surface area contributed by atoms with Crippen molar-refractivity contribution in [2.45, 2.75) is 16.5 Å². The first kappa shape index (κ1) is 15.9. The van der Waals surface area contributed by atoms with Crippen LogP contribution in [0.5, 0.6) is 0 Å². The van der Waals surface area contributed by atoms with E-state index in [1.165, 1.54) is 18.2 Å². The van der Waals surface area contributed by atoms with Gasteiger partial charge in [-0.05, 0) is 23.4 Å². The summed E-state index contributed by atoms with van der Waals surface area (Å²) < 4.78 is 5.53. The molecule has 0 spiro atoms. The Kier molecular flexibility index (Phi) is 4.66. The van der Waals surface area contributed by atoms with E-state index in [0.29, 0.717) is 23.5 Å². The van der Waals surface area contributed by atoms with Crippen molar-refractivity contribution in [2.24, 2.45) is 0 Å². The first-order chi connectivity index (χ1) is 11.7. The number of carbonyl (C=O) groups excluding carboxylic acids is 1. The standard InChI is InChI=1S/C16H11N3O4S/c20-10-12-6-7-14(13(8-12)19(21)22)24-16-18-17-15(23-16)9-11-4-2-1-3-5-11/h1-8,10H,9H2. The molecular formula is C16H11N3O4S. The van der Waals surface area contributed by atoms with E-state index in [0.717, 1.165) is 17.3 Å². The van der Waals surface area contributed by atoms with Crippen LogP contribution in [0.25, 0.3) is 0 Å². The van der Waals surface area contributed by atoms with Crippen molar-refractivity contribution in [1.29, 1.82) is 0 Å². The van der Waals surface area contributed by atoms with Crippen LogP contribution in [0.3, 0.4) is 0 Å². The van der Waals surface area contributed by atoms with Gasteiger partial charge < -0.3 is 4.42 Å². The lowest BCUT2D eigenvalue weighted by molar-refractivity contribution is -0.387. The van der Waals surface area contributed by atoms with E-state index >= 15 is 0 Å². The van der Waals surface area contributed by atoms with Crippen molar-refractivity contribution in [1.82, 2.24) is 10.2 Å². The average molecular weight is 341 g/mol. The normalized spacial score (nSPS) is 10.5. The Hall–Kier alpha value is -3.00. The van der Waals surface area contributed by atoms with Gasteiger partial charge in [0.25, 0.3) is 10.9 Å². The number of carbonyl (C=O) groups is 1. The minimum Gasteiger partial charge on any atom is -0.415 e. The molecule has 1 aromatic heterocycles. The lowest BCUT2D eigenvalue weighted by Crippen LogP contribution is -1.93. The Morgan fingerprint density at radius 1 is 1.17 bits per heavy atom. The predicted molar refractivity (Wildman–Crippen MR) is 86.2 cm³/mol. The van der Waals surface area contributed by atoms with Gasteiger partial charge >= 0.3 is 0 Å². The van der Waals surface area contributed by atoms with Crippen molar-refractivity contribution in [2.75, 3.05) is 0 Å². The van der Waals surface area contributed by atoms with Gasteiger partial charge in [-0.15, -0.1) is 10.2 Å². The van der Waals surface area contributed by atoms with Crippen LogP contribution in [0.4, 0.5) is 5.69 Å². The van der Waals surface area contributed by atoms with Crippen LogP contribution in [0, 0.1) is 10.1 Å². The van der Waals surface area contributed by atoms with Crippen molar-refractivity contribution in [3.8, 4) is 0 Å². The van der Waals surface area contributed by atoms with Gasteiger partial charge in [0.1, 0.15) is 6.29 Å². The quantitative estimate of drug-likeness (QED) is 0.384. The van der Waals surface area contributed by atoms with Crippen LogP contribution >= 0.6 is 11.8 Å². The van der Waals surface area contributed by atoms with Gasteiger partial charge in [0, 0.05) is 11.6 Å². The fourth-order valence-corrected chi connectivity index (χ4v) is 2.83. The molecule has 0 fully saturated rings. The van der Waals surface area contributed by atoms with Gasteiger partial charge in [0.05, 0.1) is 16.2 Å². The molecule has 0 aliphatic rings. The number of nitrogens with zero attached hydrogens (tertiary/aromatic N) is 3. The first-order valence-corrected chi connectivity index (χ1v) is 7.75. The molecule has 1 heterocycles. The maximum absolute atomic E-state index is 11.1. The molecule has 3 aromatic rings. The summed E-state index contributed by atoms with van der Waals surface area (Å²) in [6.45, 7) is 0. The molecule has 0 atom stereocenters. The first-order valence-electron chi connectivity index (χ1n) is 6.93. The number of benzene rings is 2. The largest absolute Gasteiger partial charge is 0.415 e. The zero-order valence-corrected chi connectivity index (χ0v) is 13.1. The Bertz CT molecular complexity index is 880. The van der Waals surface area contributed by atoms with Crippen molar-refractivity contribution in [3.63, 3.8) is 0 Å². The second kappa shape index (κ2) is 7.05. The third-order valence-corrected chi connectivity index (χ3v) is 4.06. The maximum Gasteiger partial charge on any atom is 0.284 e. The van der Waals surface area contributed by atoms with Gasteiger partial charge in [0.2, 0.25) is 5.89 Å². The summed E-state index contributed by atoms with van der Waals surface area (Å²) in [6, 6.07) is 13.9. The van der Waals surface area contributed by atoms with Crippen LogP contribution in [0.1, 0.15) is 21.8 Å². The molecular weight excluding hydrogens is 330 g/mol. The fraction of sp³-hybridized carbons (Fsp3) is 0.0625. The van der Waals surface area contributed by atoms with Crippen LogP contribution < -0.4 is 0 Å². The van der Waals surface area contributed by atoms with Crippen LogP contribution in [0.15, 0.2) is 63.1 Å². The summed E-state index contributed by atoms with van der Waals surface area (Å²) in [7, 11) is 0. The molecule has 0 amide bonds. The molecule has 0 saturated heterocycles. The van der Waals surface area contributed by atoms with Gasteiger partial charge in [-0.1, -0.05) is 36.4 Å².